The van der Waals surface area contributed by atoms with Gasteiger partial charge in [0.2, 0.25) is 0 Å². The summed E-state index contributed by atoms with van der Waals surface area (Å²) in [6, 6.07) is 0. The number of carbonyl (C=O) groups is 2. The van der Waals surface area contributed by atoms with Crippen molar-refractivity contribution in [3.8, 4) is 0 Å². The molecule has 1 radical (unpaired) electrons. The van der Waals surface area contributed by atoms with E-state index in [2.05, 4.69) is 40.7 Å². The Morgan fingerprint density at radius 2 is 1.33 bits per heavy atom. The Kier molecular flexibility index (Phi) is 11.4. The van der Waals surface area contributed by atoms with Gasteiger partial charge in [-0.1, -0.05) is 33.1 Å². The van der Waals surface area contributed by atoms with E-state index in [1.807, 2.05) is 13.6 Å². The summed E-state index contributed by atoms with van der Waals surface area (Å²) in [7, 11) is 0. The molecule has 1 aliphatic rings. The van der Waals surface area contributed by atoms with Crippen molar-refractivity contribution in [2.24, 2.45) is 5.41 Å². The molecule has 0 N–H and O–H groups in total. The molecule has 2 nitrogen and oxygen atoms in total. The zero-order valence-corrected chi connectivity index (χ0v) is 11.1. The summed E-state index contributed by atoms with van der Waals surface area (Å²) in [6.45, 7) is 14.9. The van der Waals surface area contributed by atoms with E-state index in [1.165, 1.54) is 16.7 Å². The van der Waals surface area contributed by atoms with Crippen molar-refractivity contribution in [3.63, 3.8) is 0 Å². The summed E-state index contributed by atoms with van der Waals surface area (Å²) < 4.78 is 0. The van der Waals surface area contributed by atoms with E-state index < -0.39 is 0 Å². The molecule has 0 heterocycles. The summed E-state index contributed by atoms with van der Waals surface area (Å²) in [5, 5.41) is 0. The quantitative estimate of drug-likeness (QED) is 0.623. The molecular weight excluding hydrogens is 235 g/mol. The second kappa shape index (κ2) is 8.62. The monoisotopic (exact) mass is 254 g/mol. The van der Waals surface area contributed by atoms with Gasteiger partial charge >= 0.3 is 0 Å². The first kappa shape index (κ1) is 19.8. The molecule has 0 aromatic rings. The molecule has 0 aliphatic heterocycles. The van der Waals surface area contributed by atoms with E-state index in [-0.39, 0.29) is 22.2 Å². The van der Waals surface area contributed by atoms with E-state index in [4.69, 9.17) is 9.59 Å². The molecule has 1 rings (SSSR count). The van der Waals surface area contributed by atoms with Crippen molar-refractivity contribution < 1.29 is 26.4 Å². The molecule has 0 atom stereocenters. The van der Waals surface area contributed by atoms with Gasteiger partial charge in [0.05, 0.1) is 0 Å². The van der Waals surface area contributed by atoms with Crippen molar-refractivity contribution in [2.75, 3.05) is 0 Å². The summed E-state index contributed by atoms with van der Waals surface area (Å²) in [6.07, 6.45) is 3.44. The Bertz CT molecular complexity index is 250. The molecular formula is C12H19CoO2-. The van der Waals surface area contributed by atoms with Gasteiger partial charge in [0.15, 0.2) is 0 Å². The van der Waals surface area contributed by atoms with Gasteiger partial charge in [-0.2, -0.15) is 11.1 Å². The van der Waals surface area contributed by atoms with Crippen LogP contribution in [0.5, 0.6) is 0 Å². The third-order valence-corrected chi connectivity index (χ3v) is 2.56. The van der Waals surface area contributed by atoms with E-state index >= 15 is 0 Å². The summed E-state index contributed by atoms with van der Waals surface area (Å²) in [5.74, 6) is 0. The van der Waals surface area contributed by atoms with Crippen molar-refractivity contribution in [1.82, 2.24) is 0 Å². The summed E-state index contributed by atoms with van der Waals surface area (Å²) in [5.41, 5.74) is 4.39. The molecule has 0 saturated heterocycles. The van der Waals surface area contributed by atoms with Crippen molar-refractivity contribution in [2.45, 2.75) is 34.6 Å². The SMILES string of the molecule is C=O.C=O.CC1=[C-]C(C)(C)C(C)=C1C.[Co]. The number of carbonyl (C=O) groups excluding carboxylic acids is 2. The first-order chi connectivity index (χ1) is 6.45. The number of hydrogen-bond donors (Lipinski definition) is 0. The molecule has 0 unspecified atom stereocenters. The van der Waals surface area contributed by atoms with Crippen LogP contribution in [0.25, 0.3) is 0 Å². The van der Waals surface area contributed by atoms with Crippen LogP contribution in [0.2, 0.25) is 0 Å². The van der Waals surface area contributed by atoms with Crippen LogP contribution in [-0.4, -0.2) is 13.6 Å². The molecule has 1 aliphatic carbocycles. The van der Waals surface area contributed by atoms with Gasteiger partial charge in [-0.05, 0) is 0 Å². The first-order valence-electron chi connectivity index (χ1n) is 4.33. The van der Waals surface area contributed by atoms with Crippen LogP contribution in [0.3, 0.4) is 0 Å². The molecule has 0 aromatic heterocycles. The maximum absolute atomic E-state index is 8.00. The molecule has 0 bridgehead atoms. The smallest absolute Gasteiger partial charge is 0.106 e. The van der Waals surface area contributed by atoms with Crippen LogP contribution < -0.4 is 0 Å². The fourth-order valence-electron chi connectivity index (χ4n) is 1.41. The van der Waals surface area contributed by atoms with E-state index in [9.17, 15) is 0 Å². The predicted molar refractivity (Wildman–Crippen MR) is 58.8 cm³/mol. The minimum atomic E-state index is 0. The van der Waals surface area contributed by atoms with Crippen molar-refractivity contribution in [3.05, 3.63) is 22.8 Å². The van der Waals surface area contributed by atoms with E-state index in [0.717, 1.165) is 0 Å². The Morgan fingerprint density at radius 3 is 1.40 bits per heavy atom. The average molecular weight is 254 g/mol. The predicted octanol–water partition coefficient (Wildman–Crippen LogP) is 2.74. The van der Waals surface area contributed by atoms with Crippen LogP contribution in [0.15, 0.2) is 16.7 Å². The molecule has 3 heteroatoms. The van der Waals surface area contributed by atoms with Gasteiger partial charge < -0.3 is 9.59 Å². The first-order valence-corrected chi connectivity index (χ1v) is 4.33. The summed E-state index contributed by atoms with van der Waals surface area (Å²) >= 11 is 0. The minimum absolute atomic E-state index is 0. The maximum Gasteiger partial charge on any atom is 0.106 e. The Hall–Kier alpha value is -0.674. The van der Waals surface area contributed by atoms with Crippen molar-refractivity contribution >= 4 is 13.6 Å². The molecule has 0 saturated carbocycles. The second-order valence-corrected chi connectivity index (χ2v) is 3.62. The van der Waals surface area contributed by atoms with Gasteiger partial charge in [0.25, 0.3) is 0 Å². The molecule has 0 spiro atoms. The molecule has 0 fully saturated rings. The Labute approximate surface area is 103 Å². The zero-order chi connectivity index (χ0) is 11.9. The molecule has 0 aromatic carbocycles. The normalized spacial score (nSPS) is 16.2. The third-order valence-electron chi connectivity index (χ3n) is 2.56. The number of hydrogen-bond acceptors (Lipinski definition) is 2. The molecule has 89 valence electrons. The van der Waals surface area contributed by atoms with Gasteiger partial charge in [0, 0.05) is 16.8 Å². The number of allylic oxidation sites excluding steroid dienone is 4. The van der Waals surface area contributed by atoms with Gasteiger partial charge in [-0.25, -0.2) is 5.57 Å². The van der Waals surface area contributed by atoms with Gasteiger partial charge in [-0.3, -0.25) is 6.08 Å². The molecule has 0 amide bonds. The van der Waals surface area contributed by atoms with Crippen molar-refractivity contribution in [1.29, 1.82) is 0 Å². The van der Waals surface area contributed by atoms with Gasteiger partial charge in [-0.15, -0.1) is 6.92 Å². The van der Waals surface area contributed by atoms with Crippen LogP contribution >= 0.6 is 0 Å². The minimum Gasteiger partial charge on any atom is -0.307 e. The fraction of sp³-hybridized carbons (Fsp3) is 0.500. The van der Waals surface area contributed by atoms with E-state index in [1.54, 1.807) is 0 Å². The Morgan fingerprint density at radius 1 is 1.00 bits per heavy atom. The zero-order valence-electron chi connectivity index (χ0n) is 10.1. The second-order valence-electron chi connectivity index (χ2n) is 3.62. The van der Waals surface area contributed by atoms with Gasteiger partial charge in [0.1, 0.15) is 13.6 Å². The molecule has 15 heavy (non-hydrogen) atoms. The topological polar surface area (TPSA) is 34.1 Å². The average Bonchev–Trinajstić information content (AvgIpc) is 2.36. The Balaban J connectivity index is -0.000000258. The van der Waals surface area contributed by atoms with Crippen LogP contribution in [-0.2, 0) is 26.4 Å². The number of rotatable bonds is 0. The largest absolute Gasteiger partial charge is 0.307 e. The summed E-state index contributed by atoms with van der Waals surface area (Å²) in [4.78, 5) is 16.0. The maximum atomic E-state index is 8.00. The van der Waals surface area contributed by atoms with Crippen LogP contribution in [0.4, 0.5) is 0 Å². The van der Waals surface area contributed by atoms with Crippen LogP contribution in [0, 0.1) is 11.5 Å². The van der Waals surface area contributed by atoms with Crippen LogP contribution in [0.1, 0.15) is 34.6 Å². The fourth-order valence-corrected chi connectivity index (χ4v) is 1.41. The standard InChI is InChI=1S/C10H15.2CH2O.Co/c1-7-6-10(4,5)9(3)8(7)2;2*1-2;/h1-5H3;2*1H2;/q-1;;;. The third kappa shape index (κ3) is 5.09. The van der Waals surface area contributed by atoms with E-state index in [0.29, 0.717) is 0 Å².